The summed E-state index contributed by atoms with van der Waals surface area (Å²) in [7, 11) is 1.57. The molecule has 1 aromatic carbocycles. The number of ketones is 1. The number of nitrogens with zero attached hydrogens (tertiary/aromatic N) is 1. The summed E-state index contributed by atoms with van der Waals surface area (Å²) in [5.74, 6) is 1.14. The number of benzene rings is 1. The van der Waals surface area contributed by atoms with E-state index >= 15 is 0 Å². The van der Waals surface area contributed by atoms with Crippen molar-refractivity contribution in [2.24, 2.45) is 0 Å². The molecule has 0 aliphatic heterocycles. The van der Waals surface area contributed by atoms with Crippen molar-refractivity contribution in [3.05, 3.63) is 53.9 Å². The van der Waals surface area contributed by atoms with E-state index in [-0.39, 0.29) is 11.9 Å². The number of hydrogen-bond acceptors (Lipinski definition) is 4. The lowest BCUT2D eigenvalue weighted by atomic mass is 10.0. The van der Waals surface area contributed by atoms with Gasteiger partial charge in [-0.2, -0.15) is 0 Å². The minimum Gasteiger partial charge on any atom is -0.497 e. The van der Waals surface area contributed by atoms with Gasteiger partial charge in [-0.25, -0.2) is 0 Å². The first kappa shape index (κ1) is 14.1. The maximum Gasteiger partial charge on any atom is 0.194 e. The van der Waals surface area contributed by atoms with Gasteiger partial charge in [0.15, 0.2) is 5.78 Å². The van der Waals surface area contributed by atoms with E-state index in [0.29, 0.717) is 22.6 Å². The van der Waals surface area contributed by atoms with E-state index in [1.165, 1.54) is 6.20 Å². The molecule has 104 valence electrons. The maximum atomic E-state index is 12.4. The molecule has 1 aromatic heterocycles. The molecule has 0 bridgehead atoms. The zero-order chi connectivity index (χ0) is 14.5. The molecule has 2 aromatic rings. The van der Waals surface area contributed by atoms with Gasteiger partial charge in [0.25, 0.3) is 0 Å². The number of ether oxygens (including phenoxy) is 2. The monoisotopic (exact) mass is 271 g/mol. The molecule has 20 heavy (non-hydrogen) atoms. The second-order valence-corrected chi connectivity index (χ2v) is 4.64. The van der Waals surface area contributed by atoms with Crippen LogP contribution in [0, 0.1) is 0 Å². The second kappa shape index (κ2) is 6.19. The van der Waals surface area contributed by atoms with Crippen molar-refractivity contribution in [3.8, 4) is 11.5 Å². The Labute approximate surface area is 118 Å². The van der Waals surface area contributed by atoms with Crippen molar-refractivity contribution in [1.82, 2.24) is 4.98 Å². The highest BCUT2D eigenvalue weighted by Gasteiger charge is 2.11. The minimum atomic E-state index is -0.106. The van der Waals surface area contributed by atoms with Crippen molar-refractivity contribution in [2.45, 2.75) is 20.0 Å². The van der Waals surface area contributed by atoms with Crippen LogP contribution in [0.5, 0.6) is 11.5 Å². The van der Waals surface area contributed by atoms with Gasteiger partial charge in [-0.3, -0.25) is 9.78 Å². The SMILES string of the molecule is COc1cccc(C(=O)c2cncc(OC(C)C)c2)c1. The van der Waals surface area contributed by atoms with Crippen molar-refractivity contribution in [1.29, 1.82) is 0 Å². The number of hydrogen-bond donors (Lipinski definition) is 0. The number of rotatable bonds is 5. The molecule has 4 heteroatoms. The van der Waals surface area contributed by atoms with Crippen molar-refractivity contribution < 1.29 is 14.3 Å². The van der Waals surface area contributed by atoms with Gasteiger partial charge < -0.3 is 9.47 Å². The highest BCUT2D eigenvalue weighted by Crippen LogP contribution is 2.19. The maximum absolute atomic E-state index is 12.4. The summed E-state index contributed by atoms with van der Waals surface area (Å²) in [6.45, 7) is 3.85. The fourth-order valence-electron chi connectivity index (χ4n) is 1.81. The van der Waals surface area contributed by atoms with E-state index in [1.807, 2.05) is 13.8 Å². The molecule has 0 aliphatic carbocycles. The normalized spacial score (nSPS) is 10.4. The van der Waals surface area contributed by atoms with Crippen LogP contribution in [0.2, 0.25) is 0 Å². The van der Waals surface area contributed by atoms with Crippen LogP contribution < -0.4 is 9.47 Å². The van der Waals surface area contributed by atoms with Gasteiger partial charge in [-0.1, -0.05) is 12.1 Å². The van der Waals surface area contributed by atoms with E-state index in [1.54, 1.807) is 43.6 Å². The van der Waals surface area contributed by atoms with E-state index in [0.717, 1.165) is 0 Å². The lowest BCUT2D eigenvalue weighted by molar-refractivity contribution is 0.103. The first-order chi connectivity index (χ1) is 9.60. The zero-order valence-electron chi connectivity index (χ0n) is 11.8. The molecule has 4 nitrogen and oxygen atoms in total. The highest BCUT2D eigenvalue weighted by atomic mass is 16.5. The van der Waals surface area contributed by atoms with Crippen LogP contribution in [0.15, 0.2) is 42.7 Å². The molecule has 0 fully saturated rings. The summed E-state index contributed by atoms with van der Waals surface area (Å²) in [5.41, 5.74) is 1.06. The Bertz CT molecular complexity index is 608. The molecule has 0 atom stereocenters. The van der Waals surface area contributed by atoms with E-state index in [4.69, 9.17) is 9.47 Å². The Hall–Kier alpha value is -2.36. The van der Waals surface area contributed by atoms with Gasteiger partial charge in [-0.05, 0) is 32.0 Å². The third-order valence-electron chi connectivity index (χ3n) is 2.68. The molecular formula is C16H17NO3. The summed E-state index contributed by atoms with van der Waals surface area (Å²) < 4.78 is 10.7. The lowest BCUT2D eigenvalue weighted by Crippen LogP contribution is -2.08. The average molecular weight is 271 g/mol. The average Bonchev–Trinajstić information content (AvgIpc) is 2.46. The molecule has 0 saturated heterocycles. The highest BCUT2D eigenvalue weighted by molar-refractivity contribution is 6.09. The predicted molar refractivity (Wildman–Crippen MR) is 76.4 cm³/mol. The van der Waals surface area contributed by atoms with Crippen LogP contribution in [-0.4, -0.2) is 24.0 Å². The summed E-state index contributed by atoms with van der Waals surface area (Å²) in [6, 6.07) is 8.75. The zero-order valence-corrected chi connectivity index (χ0v) is 11.8. The number of pyridine rings is 1. The Kier molecular flexibility index (Phi) is 4.35. The number of carbonyl (C=O) groups is 1. The van der Waals surface area contributed by atoms with Gasteiger partial charge in [0.2, 0.25) is 0 Å². The van der Waals surface area contributed by atoms with Crippen molar-refractivity contribution in [2.75, 3.05) is 7.11 Å². The predicted octanol–water partition coefficient (Wildman–Crippen LogP) is 3.11. The molecular weight excluding hydrogens is 254 g/mol. The van der Waals surface area contributed by atoms with Gasteiger partial charge in [-0.15, -0.1) is 0 Å². The third-order valence-corrected chi connectivity index (χ3v) is 2.68. The smallest absolute Gasteiger partial charge is 0.194 e. The molecule has 0 aliphatic rings. The topological polar surface area (TPSA) is 48.4 Å². The molecule has 0 N–H and O–H groups in total. The quantitative estimate of drug-likeness (QED) is 0.784. The van der Waals surface area contributed by atoms with Gasteiger partial charge in [0, 0.05) is 17.3 Å². The lowest BCUT2D eigenvalue weighted by Gasteiger charge is -2.10. The third kappa shape index (κ3) is 3.35. The summed E-state index contributed by atoms with van der Waals surface area (Å²) in [5, 5.41) is 0. The van der Waals surface area contributed by atoms with Gasteiger partial charge in [0.05, 0.1) is 19.4 Å². The van der Waals surface area contributed by atoms with Crippen molar-refractivity contribution >= 4 is 5.78 Å². The summed E-state index contributed by atoms with van der Waals surface area (Å²) >= 11 is 0. The Balaban J connectivity index is 2.28. The Morgan fingerprint density at radius 3 is 2.55 bits per heavy atom. The van der Waals surface area contributed by atoms with Crippen LogP contribution in [0.3, 0.4) is 0 Å². The summed E-state index contributed by atoms with van der Waals surface area (Å²) in [4.78, 5) is 16.5. The molecule has 0 unspecified atom stereocenters. The minimum absolute atomic E-state index is 0.0407. The van der Waals surface area contributed by atoms with Crippen LogP contribution in [0.25, 0.3) is 0 Å². The molecule has 0 saturated carbocycles. The van der Waals surface area contributed by atoms with Gasteiger partial charge >= 0.3 is 0 Å². The van der Waals surface area contributed by atoms with Crippen LogP contribution in [0.1, 0.15) is 29.8 Å². The molecule has 0 radical (unpaired) electrons. The molecule has 1 heterocycles. The van der Waals surface area contributed by atoms with Crippen LogP contribution >= 0.6 is 0 Å². The second-order valence-electron chi connectivity index (χ2n) is 4.64. The number of methoxy groups -OCH3 is 1. The largest absolute Gasteiger partial charge is 0.497 e. The van der Waals surface area contributed by atoms with Crippen molar-refractivity contribution in [3.63, 3.8) is 0 Å². The molecule has 2 rings (SSSR count). The molecule has 0 amide bonds. The fourth-order valence-corrected chi connectivity index (χ4v) is 1.81. The molecule has 0 spiro atoms. The van der Waals surface area contributed by atoms with E-state index in [2.05, 4.69) is 4.98 Å². The first-order valence-electron chi connectivity index (χ1n) is 6.40. The number of carbonyl (C=O) groups excluding carboxylic acids is 1. The van der Waals surface area contributed by atoms with E-state index < -0.39 is 0 Å². The summed E-state index contributed by atoms with van der Waals surface area (Å²) in [6.07, 6.45) is 3.18. The van der Waals surface area contributed by atoms with E-state index in [9.17, 15) is 4.79 Å². The van der Waals surface area contributed by atoms with Gasteiger partial charge in [0.1, 0.15) is 11.5 Å². The fraction of sp³-hybridized carbons (Fsp3) is 0.250. The number of aromatic nitrogens is 1. The standard InChI is InChI=1S/C16H17NO3/c1-11(2)20-15-8-13(9-17-10-15)16(18)12-5-4-6-14(7-12)19-3/h4-11H,1-3H3. The Morgan fingerprint density at radius 1 is 1.10 bits per heavy atom. The van der Waals surface area contributed by atoms with Crippen LogP contribution in [-0.2, 0) is 0 Å². The first-order valence-corrected chi connectivity index (χ1v) is 6.40. The van der Waals surface area contributed by atoms with Crippen LogP contribution in [0.4, 0.5) is 0 Å². The Morgan fingerprint density at radius 2 is 1.85 bits per heavy atom.